The van der Waals surface area contributed by atoms with Crippen LogP contribution in [-0.2, 0) is 4.79 Å². The fraction of sp³-hybridized carbons (Fsp3) is 0.462. The standard InChI is InChI=1S/C13H17N3O3/c1-9(12(17)18)7-16-8-11(15(2)13(16)19)10-4-3-5-14-6-10/h3-6,9,11H,7-8H2,1-2H3,(H,17,18). The Balaban J connectivity index is 2.11. The number of likely N-dealkylation sites (N-methyl/N-ethyl adjacent to an activating group) is 1. The Kier molecular flexibility index (Phi) is 3.69. The number of carbonyl (C=O) groups excluding carboxylic acids is 1. The van der Waals surface area contributed by atoms with Crippen LogP contribution in [0.1, 0.15) is 18.5 Å². The van der Waals surface area contributed by atoms with Crippen LogP contribution in [0.3, 0.4) is 0 Å². The van der Waals surface area contributed by atoms with Gasteiger partial charge in [-0.15, -0.1) is 0 Å². The van der Waals surface area contributed by atoms with Crippen molar-refractivity contribution in [2.45, 2.75) is 13.0 Å². The number of urea groups is 1. The molecule has 1 aromatic heterocycles. The molecule has 1 aliphatic rings. The average molecular weight is 263 g/mol. The molecule has 2 unspecified atom stereocenters. The first-order valence-corrected chi connectivity index (χ1v) is 6.15. The molecule has 2 atom stereocenters. The van der Waals surface area contributed by atoms with Gasteiger partial charge in [-0.2, -0.15) is 0 Å². The van der Waals surface area contributed by atoms with Crippen LogP contribution in [0.5, 0.6) is 0 Å². The second-order valence-electron chi connectivity index (χ2n) is 4.84. The Morgan fingerprint density at radius 1 is 1.63 bits per heavy atom. The largest absolute Gasteiger partial charge is 0.481 e. The quantitative estimate of drug-likeness (QED) is 0.886. The molecular weight excluding hydrogens is 246 g/mol. The summed E-state index contributed by atoms with van der Waals surface area (Å²) < 4.78 is 0. The minimum atomic E-state index is -0.889. The Labute approximate surface area is 111 Å². The number of rotatable bonds is 4. The highest BCUT2D eigenvalue weighted by atomic mass is 16.4. The summed E-state index contributed by atoms with van der Waals surface area (Å²) in [5.41, 5.74) is 0.962. The highest BCUT2D eigenvalue weighted by Crippen LogP contribution is 2.27. The summed E-state index contributed by atoms with van der Waals surface area (Å²) in [7, 11) is 1.73. The SMILES string of the molecule is CC(CN1CC(c2cccnc2)N(C)C1=O)C(=O)O. The van der Waals surface area contributed by atoms with Gasteiger partial charge in [-0.05, 0) is 11.6 Å². The number of hydrogen-bond acceptors (Lipinski definition) is 3. The number of aromatic nitrogens is 1. The van der Waals surface area contributed by atoms with E-state index in [2.05, 4.69) is 4.98 Å². The molecule has 1 aliphatic heterocycles. The van der Waals surface area contributed by atoms with E-state index in [1.807, 2.05) is 12.1 Å². The average Bonchev–Trinajstić information content (AvgIpc) is 2.68. The van der Waals surface area contributed by atoms with Gasteiger partial charge in [0.05, 0.1) is 12.0 Å². The number of carbonyl (C=O) groups is 2. The first-order chi connectivity index (χ1) is 9.00. The molecule has 1 saturated heterocycles. The number of nitrogens with zero attached hydrogens (tertiary/aromatic N) is 3. The highest BCUT2D eigenvalue weighted by molar-refractivity contribution is 5.78. The molecule has 2 heterocycles. The molecule has 102 valence electrons. The number of carboxylic acids is 1. The molecule has 0 aromatic carbocycles. The van der Waals surface area contributed by atoms with Gasteiger partial charge in [0, 0.05) is 32.5 Å². The van der Waals surface area contributed by atoms with Gasteiger partial charge in [-0.1, -0.05) is 13.0 Å². The topological polar surface area (TPSA) is 73.7 Å². The maximum atomic E-state index is 12.1. The lowest BCUT2D eigenvalue weighted by molar-refractivity contribution is -0.141. The van der Waals surface area contributed by atoms with E-state index in [4.69, 9.17) is 5.11 Å². The summed E-state index contributed by atoms with van der Waals surface area (Å²) in [6, 6.07) is 3.55. The van der Waals surface area contributed by atoms with E-state index in [0.717, 1.165) is 5.56 Å². The number of hydrogen-bond donors (Lipinski definition) is 1. The summed E-state index contributed by atoms with van der Waals surface area (Å²) in [5.74, 6) is -1.45. The van der Waals surface area contributed by atoms with Gasteiger partial charge >= 0.3 is 12.0 Å². The van der Waals surface area contributed by atoms with E-state index >= 15 is 0 Å². The van der Waals surface area contributed by atoms with E-state index in [1.54, 1.807) is 36.2 Å². The van der Waals surface area contributed by atoms with Crippen molar-refractivity contribution in [2.75, 3.05) is 20.1 Å². The van der Waals surface area contributed by atoms with Gasteiger partial charge < -0.3 is 14.9 Å². The van der Waals surface area contributed by atoms with E-state index in [-0.39, 0.29) is 18.6 Å². The maximum Gasteiger partial charge on any atom is 0.320 e. The maximum absolute atomic E-state index is 12.1. The zero-order valence-corrected chi connectivity index (χ0v) is 11.0. The molecule has 1 N–H and O–H groups in total. The Morgan fingerprint density at radius 3 is 2.95 bits per heavy atom. The molecule has 0 radical (unpaired) electrons. The molecule has 2 rings (SSSR count). The van der Waals surface area contributed by atoms with Crippen LogP contribution in [0.15, 0.2) is 24.5 Å². The Hall–Kier alpha value is -2.11. The van der Waals surface area contributed by atoms with Crippen molar-refractivity contribution in [3.63, 3.8) is 0 Å². The predicted molar refractivity (Wildman–Crippen MR) is 68.5 cm³/mol. The predicted octanol–water partition coefficient (Wildman–Crippen LogP) is 1.21. The summed E-state index contributed by atoms with van der Waals surface area (Å²) >= 11 is 0. The normalized spacial score (nSPS) is 20.7. The summed E-state index contributed by atoms with van der Waals surface area (Å²) in [6.45, 7) is 2.33. The highest BCUT2D eigenvalue weighted by Gasteiger charge is 2.36. The zero-order valence-electron chi connectivity index (χ0n) is 11.0. The first kappa shape index (κ1) is 13.3. The molecule has 1 aromatic rings. The van der Waals surface area contributed by atoms with E-state index in [9.17, 15) is 9.59 Å². The number of amides is 2. The van der Waals surface area contributed by atoms with Crippen molar-refractivity contribution in [1.82, 2.24) is 14.8 Å². The van der Waals surface area contributed by atoms with Crippen molar-refractivity contribution < 1.29 is 14.7 Å². The van der Waals surface area contributed by atoms with Crippen molar-refractivity contribution in [1.29, 1.82) is 0 Å². The Bertz CT molecular complexity index is 477. The second kappa shape index (κ2) is 5.26. The third kappa shape index (κ3) is 2.67. The molecule has 0 bridgehead atoms. The lowest BCUT2D eigenvalue weighted by Gasteiger charge is -2.18. The smallest absolute Gasteiger partial charge is 0.320 e. The van der Waals surface area contributed by atoms with Crippen LogP contribution in [0, 0.1) is 5.92 Å². The fourth-order valence-corrected chi connectivity index (χ4v) is 2.23. The lowest BCUT2D eigenvalue weighted by atomic mass is 10.1. The monoisotopic (exact) mass is 263 g/mol. The molecule has 0 aliphatic carbocycles. The Morgan fingerprint density at radius 2 is 2.37 bits per heavy atom. The van der Waals surface area contributed by atoms with Crippen LogP contribution >= 0.6 is 0 Å². The first-order valence-electron chi connectivity index (χ1n) is 6.15. The summed E-state index contributed by atoms with van der Waals surface area (Å²) in [4.78, 5) is 30.2. The van der Waals surface area contributed by atoms with Gasteiger partial charge in [0.1, 0.15) is 0 Å². The van der Waals surface area contributed by atoms with Crippen molar-refractivity contribution in [3.8, 4) is 0 Å². The molecular formula is C13H17N3O3. The molecule has 6 nitrogen and oxygen atoms in total. The van der Waals surface area contributed by atoms with Gasteiger partial charge in [-0.3, -0.25) is 9.78 Å². The van der Waals surface area contributed by atoms with Crippen LogP contribution in [-0.4, -0.2) is 52.0 Å². The molecule has 1 fully saturated rings. The van der Waals surface area contributed by atoms with E-state index < -0.39 is 11.9 Å². The summed E-state index contributed by atoms with van der Waals surface area (Å²) in [5, 5.41) is 8.92. The number of carboxylic acid groups (broad SMARTS) is 1. The van der Waals surface area contributed by atoms with Crippen molar-refractivity contribution in [3.05, 3.63) is 30.1 Å². The minimum Gasteiger partial charge on any atom is -0.481 e. The van der Waals surface area contributed by atoms with Crippen LogP contribution in [0.25, 0.3) is 0 Å². The number of aliphatic carboxylic acids is 1. The van der Waals surface area contributed by atoms with Crippen LogP contribution in [0.4, 0.5) is 4.79 Å². The molecule has 0 spiro atoms. The third-order valence-electron chi connectivity index (χ3n) is 3.42. The van der Waals surface area contributed by atoms with Crippen molar-refractivity contribution in [2.24, 2.45) is 5.92 Å². The van der Waals surface area contributed by atoms with Gasteiger partial charge in [0.15, 0.2) is 0 Å². The summed E-state index contributed by atoms with van der Waals surface area (Å²) in [6.07, 6.45) is 3.42. The van der Waals surface area contributed by atoms with Gasteiger partial charge in [-0.25, -0.2) is 4.79 Å². The van der Waals surface area contributed by atoms with Crippen LogP contribution < -0.4 is 0 Å². The number of pyridine rings is 1. The molecule has 19 heavy (non-hydrogen) atoms. The van der Waals surface area contributed by atoms with Crippen molar-refractivity contribution >= 4 is 12.0 Å². The van der Waals surface area contributed by atoms with Gasteiger partial charge in [0.2, 0.25) is 0 Å². The molecule has 0 saturated carbocycles. The van der Waals surface area contributed by atoms with E-state index in [0.29, 0.717) is 6.54 Å². The van der Waals surface area contributed by atoms with Gasteiger partial charge in [0.25, 0.3) is 0 Å². The minimum absolute atomic E-state index is 0.0674. The fourth-order valence-electron chi connectivity index (χ4n) is 2.23. The van der Waals surface area contributed by atoms with E-state index in [1.165, 1.54) is 0 Å². The second-order valence-corrected chi connectivity index (χ2v) is 4.84. The third-order valence-corrected chi connectivity index (χ3v) is 3.42. The molecule has 2 amide bonds. The lowest BCUT2D eigenvalue weighted by Crippen LogP contribution is -2.35. The zero-order chi connectivity index (χ0) is 14.0. The molecule has 6 heteroatoms. The van der Waals surface area contributed by atoms with Crippen LogP contribution in [0.2, 0.25) is 0 Å².